The standard InChI is InChI=1S/C11H13NO4.C3H7NO2/c12-9(6-10(13)14)11(15)16-7-8-4-2-1-3-5-8;1-2(4)3(5)6/h1-5,9H,6-7,12H2,(H,13,14);2H,4H2,1H3,(H,5,6)/t9-;2-/m01/s1. The van der Waals surface area contributed by atoms with Gasteiger partial charge in [-0.25, -0.2) is 0 Å². The van der Waals surface area contributed by atoms with Crippen LogP contribution >= 0.6 is 0 Å². The number of hydrogen-bond donors (Lipinski definition) is 4. The highest BCUT2D eigenvalue weighted by Crippen LogP contribution is 2.02. The minimum atomic E-state index is -1.12. The van der Waals surface area contributed by atoms with Crippen molar-refractivity contribution in [1.29, 1.82) is 0 Å². The molecule has 8 nitrogen and oxygen atoms in total. The highest BCUT2D eigenvalue weighted by molar-refractivity contribution is 5.81. The summed E-state index contributed by atoms with van der Waals surface area (Å²) in [6, 6.07) is 7.25. The molecule has 122 valence electrons. The van der Waals surface area contributed by atoms with E-state index < -0.39 is 36.4 Å². The van der Waals surface area contributed by atoms with E-state index in [9.17, 15) is 14.4 Å². The van der Waals surface area contributed by atoms with Gasteiger partial charge in [-0.1, -0.05) is 30.3 Å². The first-order chi connectivity index (χ1) is 10.2. The molecule has 0 radical (unpaired) electrons. The zero-order valence-electron chi connectivity index (χ0n) is 12.1. The maximum atomic E-state index is 11.2. The van der Waals surface area contributed by atoms with Gasteiger partial charge in [0.15, 0.2) is 0 Å². The third-order valence-corrected chi connectivity index (χ3v) is 2.31. The Hall–Kier alpha value is -2.45. The largest absolute Gasteiger partial charge is 0.481 e. The van der Waals surface area contributed by atoms with Gasteiger partial charge in [-0.05, 0) is 12.5 Å². The fourth-order valence-corrected chi connectivity index (χ4v) is 1.11. The van der Waals surface area contributed by atoms with Gasteiger partial charge in [0.1, 0.15) is 18.7 Å². The molecule has 0 fully saturated rings. The van der Waals surface area contributed by atoms with Crippen molar-refractivity contribution in [2.45, 2.75) is 32.0 Å². The monoisotopic (exact) mass is 312 g/mol. The molecule has 2 atom stereocenters. The molecule has 0 aromatic heterocycles. The van der Waals surface area contributed by atoms with Crippen LogP contribution < -0.4 is 11.5 Å². The predicted molar refractivity (Wildman–Crippen MR) is 77.8 cm³/mol. The van der Waals surface area contributed by atoms with E-state index in [0.29, 0.717) is 0 Å². The van der Waals surface area contributed by atoms with Crippen LogP contribution in [0, 0.1) is 0 Å². The van der Waals surface area contributed by atoms with Crippen LogP contribution in [0.4, 0.5) is 0 Å². The van der Waals surface area contributed by atoms with Crippen molar-refractivity contribution in [2.75, 3.05) is 0 Å². The average Bonchev–Trinajstić information content (AvgIpc) is 2.45. The van der Waals surface area contributed by atoms with Crippen molar-refractivity contribution in [1.82, 2.24) is 0 Å². The number of ether oxygens (including phenoxy) is 1. The summed E-state index contributed by atoms with van der Waals surface area (Å²) in [5.74, 6) is -2.79. The lowest BCUT2D eigenvalue weighted by Gasteiger charge is -2.09. The van der Waals surface area contributed by atoms with Crippen LogP contribution in [0.25, 0.3) is 0 Å². The van der Waals surface area contributed by atoms with Crippen molar-refractivity contribution in [3.05, 3.63) is 35.9 Å². The number of benzene rings is 1. The van der Waals surface area contributed by atoms with Gasteiger partial charge in [-0.15, -0.1) is 0 Å². The molecule has 0 aliphatic heterocycles. The summed E-state index contributed by atoms with van der Waals surface area (Å²) in [6.45, 7) is 1.52. The van der Waals surface area contributed by atoms with Gasteiger partial charge < -0.3 is 26.4 Å². The Labute approximate surface area is 127 Å². The third kappa shape index (κ3) is 9.45. The van der Waals surface area contributed by atoms with Gasteiger partial charge in [-0.3, -0.25) is 14.4 Å². The topological polar surface area (TPSA) is 153 Å². The second-order valence-corrected chi connectivity index (χ2v) is 4.42. The van der Waals surface area contributed by atoms with E-state index in [4.69, 9.17) is 26.4 Å². The van der Waals surface area contributed by atoms with E-state index in [-0.39, 0.29) is 6.61 Å². The van der Waals surface area contributed by atoms with Crippen LogP contribution in [0.2, 0.25) is 0 Å². The van der Waals surface area contributed by atoms with Crippen molar-refractivity contribution < 1.29 is 29.3 Å². The van der Waals surface area contributed by atoms with Crippen LogP contribution in [0.15, 0.2) is 30.3 Å². The molecule has 0 unspecified atom stereocenters. The molecule has 0 aliphatic rings. The fraction of sp³-hybridized carbons (Fsp3) is 0.357. The van der Waals surface area contributed by atoms with Crippen LogP contribution in [0.5, 0.6) is 0 Å². The second-order valence-electron chi connectivity index (χ2n) is 4.42. The molecule has 0 heterocycles. The number of nitrogens with two attached hydrogens (primary N) is 2. The zero-order valence-corrected chi connectivity index (χ0v) is 12.1. The maximum absolute atomic E-state index is 11.2. The number of carboxylic acid groups (broad SMARTS) is 2. The summed E-state index contributed by atoms with van der Waals surface area (Å²) in [6.07, 6.45) is -0.423. The molecule has 6 N–H and O–H groups in total. The fourth-order valence-electron chi connectivity index (χ4n) is 1.11. The van der Waals surface area contributed by atoms with Gasteiger partial charge in [0, 0.05) is 0 Å². The number of esters is 1. The Morgan fingerprint density at radius 3 is 2.05 bits per heavy atom. The van der Waals surface area contributed by atoms with Crippen LogP contribution in [0.3, 0.4) is 0 Å². The van der Waals surface area contributed by atoms with Gasteiger partial charge in [-0.2, -0.15) is 0 Å². The smallest absolute Gasteiger partial charge is 0.323 e. The Morgan fingerprint density at radius 1 is 1.14 bits per heavy atom. The Kier molecular flexibility index (Phi) is 9.15. The van der Waals surface area contributed by atoms with Crippen LogP contribution in [0.1, 0.15) is 18.9 Å². The highest BCUT2D eigenvalue weighted by Gasteiger charge is 2.18. The number of carboxylic acids is 2. The molecule has 0 amide bonds. The molecule has 1 rings (SSSR count). The van der Waals surface area contributed by atoms with Crippen LogP contribution in [-0.4, -0.2) is 40.2 Å². The van der Waals surface area contributed by atoms with Gasteiger partial charge in [0.25, 0.3) is 0 Å². The van der Waals surface area contributed by atoms with E-state index in [0.717, 1.165) is 5.56 Å². The molecule has 0 saturated carbocycles. The Morgan fingerprint density at radius 2 is 1.64 bits per heavy atom. The third-order valence-electron chi connectivity index (χ3n) is 2.31. The van der Waals surface area contributed by atoms with E-state index in [1.165, 1.54) is 6.92 Å². The first kappa shape index (κ1) is 19.6. The molecule has 8 heteroatoms. The minimum Gasteiger partial charge on any atom is -0.481 e. The van der Waals surface area contributed by atoms with Gasteiger partial charge >= 0.3 is 17.9 Å². The Bertz CT molecular complexity index is 489. The lowest BCUT2D eigenvalue weighted by atomic mass is 10.2. The summed E-state index contributed by atoms with van der Waals surface area (Å²) in [5.41, 5.74) is 11.0. The SMILES string of the molecule is C[C@@H](N)C(=O)O.N[C@@H](CC(=O)O)C(=O)OCc1ccccc1. The predicted octanol–water partition coefficient (Wildman–Crippen LogP) is -0.0500. The van der Waals surface area contributed by atoms with Crippen molar-refractivity contribution in [2.24, 2.45) is 11.5 Å². The lowest BCUT2D eigenvalue weighted by Crippen LogP contribution is -2.34. The van der Waals surface area contributed by atoms with E-state index in [1.807, 2.05) is 18.2 Å². The van der Waals surface area contributed by atoms with Gasteiger partial charge in [0.2, 0.25) is 0 Å². The summed E-state index contributed by atoms with van der Waals surface area (Å²) >= 11 is 0. The maximum Gasteiger partial charge on any atom is 0.323 e. The minimum absolute atomic E-state index is 0.104. The summed E-state index contributed by atoms with van der Waals surface area (Å²) in [5, 5.41) is 16.3. The highest BCUT2D eigenvalue weighted by atomic mass is 16.5. The molecular formula is C14H20N2O6. The van der Waals surface area contributed by atoms with Crippen LogP contribution in [-0.2, 0) is 25.7 Å². The van der Waals surface area contributed by atoms with E-state index in [2.05, 4.69) is 0 Å². The Balaban J connectivity index is 0.000000626. The first-order valence-electron chi connectivity index (χ1n) is 6.40. The molecule has 1 aromatic rings. The normalized spacial score (nSPS) is 12.3. The molecular weight excluding hydrogens is 292 g/mol. The van der Waals surface area contributed by atoms with Crippen molar-refractivity contribution in [3.63, 3.8) is 0 Å². The van der Waals surface area contributed by atoms with Gasteiger partial charge in [0.05, 0.1) is 6.42 Å². The molecule has 0 aliphatic carbocycles. The molecule has 0 spiro atoms. The molecule has 1 aromatic carbocycles. The quantitative estimate of drug-likeness (QED) is 0.533. The van der Waals surface area contributed by atoms with E-state index >= 15 is 0 Å². The first-order valence-corrected chi connectivity index (χ1v) is 6.40. The summed E-state index contributed by atoms with van der Waals surface area (Å²) < 4.78 is 4.86. The number of hydrogen-bond acceptors (Lipinski definition) is 6. The molecule has 0 saturated heterocycles. The van der Waals surface area contributed by atoms with E-state index in [1.54, 1.807) is 12.1 Å². The summed E-state index contributed by atoms with van der Waals surface area (Å²) in [4.78, 5) is 31.1. The summed E-state index contributed by atoms with van der Waals surface area (Å²) in [7, 11) is 0. The zero-order chi connectivity index (χ0) is 17.1. The van der Waals surface area contributed by atoms with Crippen molar-refractivity contribution in [3.8, 4) is 0 Å². The average molecular weight is 312 g/mol. The lowest BCUT2D eigenvalue weighted by molar-refractivity contribution is -0.150. The second kappa shape index (κ2) is 10.3. The van der Waals surface area contributed by atoms with Crippen molar-refractivity contribution >= 4 is 17.9 Å². The molecule has 22 heavy (non-hydrogen) atoms. The number of carbonyl (C=O) groups excluding carboxylic acids is 1. The molecule has 0 bridgehead atoms. The number of carbonyl (C=O) groups is 3. The number of aliphatic carboxylic acids is 2. The number of rotatable bonds is 6.